The van der Waals surface area contributed by atoms with Gasteiger partial charge >= 0.3 is 355 Å². The number of rotatable bonds is 0. The summed E-state index contributed by atoms with van der Waals surface area (Å²) in [5, 5.41) is 0. The molecular formula is H21Ca8O4PSr. The fourth-order valence-corrected chi connectivity index (χ4v) is 0. The van der Waals surface area contributed by atoms with E-state index in [4.69, 9.17) is 19.2 Å². The van der Waals surface area contributed by atoms with Crippen molar-refractivity contribution in [3.63, 3.8) is 0 Å². The van der Waals surface area contributed by atoms with E-state index in [0.717, 1.165) is 0 Å². The van der Waals surface area contributed by atoms with E-state index < -0.39 is 7.82 Å². The minimum atomic E-state index is -4.64. The average Bonchev–Trinajstić information content (AvgIpc) is 0.722. The molecule has 4 nitrogen and oxygen atoms in total. The molecule has 0 aliphatic carbocycles. The van der Waals surface area contributed by atoms with Crippen LogP contribution in [0.3, 0.4) is 0 Å². The second-order valence-electron chi connectivity index (χ2n) is 0.513. The summed E-state index contributed by atoms with van der Waals surface area (Å²) in [4.78, 5) is 21.6. The Morgan fingerprint density at radius 3 is 0.571 bits per heavy atom. The molecule has 0 bridgehead atoms. The van der Waals surface area contributed by atoms with Crippen LogP contribution in [0.1, 0.15) is 0 Å². The quantitative estimate of drug-likeness (QED) is 0.218. The normalized spacial score (nSPS) is 4.21. The number of phosphoric acid groups is 1. The van der Waals surface area contributed by atoms with Gasteiger partial charge in [-0.25, -0.2) is 4.57 Å². The van der Waals surface area contributed by atoms with E-state index in [0.29, 0.717) is 0 Å². The molecule has 0 fully saturated rings. The van der Waals surface area contributed by atoms with Gasteiger partial charge in [-0.05, 0) is 0 Å². The van der Waals surface area contributed by atoms with Gasteiger partial charge in [0.2, 0.25) is 0 Å². The average molecular weight is 524 g/mol. The third-order valence-corrected chi connectivity index (χ3v) is 0. The maximum atomic E-state index is 8.88. The Hall–Kier alpha value is 11.7. The van der Waals surface area contributed by atoms with Gasteiger partial charge in [-0.2, -0.15) is 0 Å². The third kappa shape index (κ3) is 89.3. The molecule has 0 unspecified atom stereocenters. The number of hydrogen-bond acceptors (Lipinski definition) is 1. The molecule has 0 amide bonds. The van der Waals surface area contributed by atoms with E-state index >= 15 is 0 Å². The molecule has 0 saturated carbocycles. The van der Waals surface area contributed by atoms with Crippen molar-refractivity contribution in [1.29, 1.82) is 0 Å². The molecule has 0 aromatic rings. The zero-order valence-electron chi connectivity index (χ0n) is 2.20. The number of hydrogen-bond donors (Lipinski definition) is 3. The van der Waals surface area contributed by atoms with Crippen LogP contribution in [0.4, 0.5) is 0 Å². The van der Waals surface area contributed by atoms with Gasteiger partial charge in [-0.1, -0.05) is 0 Å². The molecule has 14 heavy (non-hydrogen) atoms. The molecule has 0 saturated heterocycles. The first-order valence-electron chi connectivity index (χ1n) is 0.783. The molecular weight excluding hydrogens is 503 g/mol. The van der Waals surface area contributed by atoms with Gasteiger partial charge in [0.15, 0.2) is 0 Å². The third-order valence-electron chi connectivity index (χ3n) is 0. The van der Waals surface area contributed by atoms with Crippen LogP contribution in [0.2, 0.25) is 0 Å². The molecule has 0 aliphatic rings. The Morgan fingerprint density at radius 2 is 0.571 bits per heavy atom. The van der Waals surface area contributed by atoms with Crippen molar-refractivity contribution in [1.82, 2.24) is 0 Å². The van der Waals surface area contributed by atoms with E-state index in [2.05, 4.69) is 0 Å². The molecule has 0 aromatic carbocycles. The summed E-state index contributed by atoms with van der Waals surface area (Å²) < 4.78 is 8.88. The van der Waals surface area contributed by atoms with Crippen molar-refractivity contribution in [2.75, 3.05) is 0 Å². The van der Waals surface area contributed by atoms with E-state index in [1.54, 1.807) is 0 Å². The topological polar surface area (TPSA) is 77.8 Å². The second-order valence-corrected chi connectivity index (χ2v) is 1.54. The second kappa shape index (κ2) is 44.3. The summed E-state index contributed by atoms with van der Waals surface area (Å²) in [6.45, 7) is 0. The first kappa shape index (κ1) is 63.6. The van der Waals surface area contributed by atoms with Crippen LogP contribution in [0.25, 0.3) is 0 Å². The van der Waals surface area contributed by atoms with Gasteiger partial charge < -0.3 is 14.7 Å². The minimum absolute atomic E-state index is 0. The first-order chi connectivity index (χ1) is 2.00. The van der Waals surface area contributed by atoms with Gasteiger partial charge in [0.25, 0.3) is 0 Å². The van der Waals surface area contributed by atoms with Crippen molar-refractivity contribution in [3.8, 4) is 0 Å². The SMILES string of the molecule is O=P(O)(O)O.[CaH2].[CaH2].[CaH2].[CaH2].[CaH2].[CaH2].[CaH2].[CaH2].[SrH2]. The Kier molecular flexibility index (Phi) is 201. The summed E-state index contributed by atoms with van der Waals surface area (Å²) in [5.74, 6) is 0. The van der Waals surface area contributed by atoms with Crippen LogP contribution in [0.5, 0.6) is 0 Å². The molecule has 14 heteroatoms. The summed E-state index contributed by atoms with van der Waals surface area (Å²) in [5.41, 5.74) is 0. The summed E-state index contributed by atoms with van der Waals surface area (Å²) in [7, 11) is -4.64. The van der Waals surface area contributed by atoms with Crippen LogP contribution in [-0.2, 0) is 4.57 Å². The molecule has 0 spiro atoms. The predicted molar refractivity (Wildman–Crippen MR) is 91.2 cm³/mol. The van der Waals surface area contributed by atoms with E-state index in [9.17, 15) is 0 Å². The van der Waals surface area contributed by atoms with Gasteiger partial charge in [0, 0.05) is 0 Å². The summed E-state index contributed by atoms with van der Waals surface area (Å²) >= 11 is 0. The summed E-state index contributed by atoms with van der Waals surface area (Å²) in [6, 6.07) is 0. The Labute approximate surface area is 361 Å². The van der Waals surface area contributed by atoms with Crippen molar-refractivity contribution in [3.05, 3.63) is 0 Å². The monoisotopic (exact) mass is 524 g/mol. The molecule has 0 rings (SSSR count). The Morgan fingerprint density at radius 1 is 0.571 bits per heavy atom. The van der Waals surface area contributed by atoms with Crippen molar-refractivity contribution >= 4 is 355 Å². The molecule has 0 aromatic heterocycles. The molecule has 0 aliphatic heterocycles. The van der Waals surface area contributed by atoms with Crippen molar-refractivity contribution in [2.45, 2.75) is 0 Å². The van der Waals surface area contributed by atoms with Crippen LogP contribution in [0, 0.1) is 0 Å². The van der Waals surface area contributed by atoms with E-state index in [1.165, 1.54) is 0 Å². The standard InChI is InChI=1S/8Ca.H3O4P.Sr.18H/c;;;;;;;;1-5(2,3)4;;;;;;;;;;;;;;;;;;;/h;;;;;;;;(H3,1,2,3,4);;;;;;;;;;;;;;;;;;;. The van der Waals surface area contributed by atoms with Gasteiger partial charge in [0.05, 0.1) is 0 Å². The van der Waals surface area contributed by atoms with Crippen LogP contribution >= 0.6 is 7.82 Å². The molecule has 0 atom stereocenters. The zero-order chi connectivity index (χ0) is 4.50. The summed E-state index contributed by atoms with van der Waals surface area (Å²) in [6.07, 6.45) is 0. The van der Waals surface area contributed by atoms with Crippen LogP contribution < -0.4 is 0 Å². The maximum absolute atomic E-state index is 8.88. The molecule has 68 valence electrons. The fraction of sp³-hybridized carbons (Fsp3) is 0. The van der Waals surface area contributed by atoms with Gasteiger partial charge in [-0.3, -0.25) is 0 Å². The fourth-order valence-electron chi connectivity index (χ4n) is 0. The van der Waals surface area contributed by atoms with Crippen LogP contribution in [-0.4, -0.2) is 362 Å². The zero-order valence-corrected chi connectivity index (χ0v) is 3.09. The van der Waals surface area contributed by atoms with Gasteiger partial charge in [0.1, 0.15) is 0 Å². The first-order valence-corrected chi connectivity index (χ1v) is 2.35. The van der Waals surface area contributed by atoms with E-state index in [-0.39, 0.29) is 347 Å². The molecule has 3 N–H and O–H groups in total. The Bertz CT molecular complexity index is 67.5. The molecule has 0 radical (unpaired) electrons. The van der Waals surface area contributed by atoms with Crippen molar-refractivity contribution < 1.29 is 19.2 Å². The predicted octanol–water partition coefficient (Wildman–Crippen LogP) is -9.17. The van der Waals surface area contributed by atoms with Gasteiger partial charge in [-0.15, -0.1) is 0 Å². The van der Waals surface area contributed by atoms with Crippen molar-refractivity contribution in [2.24, 2.45) is 0 Å². The molecule has 0 heterocycles. The van der Waals surface area contributed by atoms with Crippen LogP contribution in [0.15, 0.2) is 0 Å². The van der Waals surface area contributed by atoms with E-state index in [1.807, 2.05) is 0 Å². The Balaban J connectivity index is -0.00000000222.